The smallest absolute Gasteiger partial charge is 0.336 e. The van der Waals surface area contributed by atoms with Crippen LogP contribution in [0.2, 0.25) is 0 Å². The predicted molar refractivity (Wildman–Crippen MR) is 68.4 cm³/mol. The molecule has 0 atom stereocenters. The van der Waals surface area contributed by atoms with Gasteiger partial charge in [-0.1, -0.05) is 24.3 Å². The molecule has 20 heavy (non-hydrogen) atoms. The van der Waals surface area contributed by atoms with Gasteiger partial charge >= 0.3 is 5.97 Å². The van der Waals surface area contributed by atoms with Gasteiger partial charge in [0.1, 0.15) is 5.75 Å². The minimum absolute atomic E-state index is 0.151. The molecule has 0 spiro atoms. The molecule has 0 saturated heterocycles. The van der Waals surface area contributed by atoms with Gasteiger partial charge in [0.2, 0.25) is 0 Å². The molecule has 2 N–H and O–H groups in total. The molecule has 0 aliphatic heterocycles. The zero-order valence-electron chi connectivity index (χ0n) is 10.1. The fraction of sp³-hybridized carbons (Fsp3) is 0. The average molecular weight is 268 g/mol. The number of fused-ring (bicyclic) bond motifs is 2. The van der Waals surface area contributed by atoms with Crippen LogP contribution < -0.4 is 0 Å². The van der Waals surface area contributed by atoms with Crippen LogP contribution in [0.3, 0.4) is 0 Å². The molecule has 0 radical (unpaired) electrons. The Hall–Kier alpha value is -2.95. The third-order valence-corrected chi connectivity index (χ3v) is 3.28. The van der Waals surface area contributed by atoms with Crippen LogP contribution >= 0.6 is 0 Å². The summed E-state index contributed by atoms with van der Waals surface area (Å²) in [5.41, 5.74) is -0.457. The molecule has 1 aliphatic carbocycles. The first-order valence-electron chi connectivity index (χ1n) is 5.80. The normalized spacial score (nSPS) is 12.8. The van der Waals surface area contributed by atoms with E-state index in [-0.39, 0.29) is 27.8 Å². The van der Waals surface area contributed by atoms with Crippen molar-refractivity contribution in [2.75, 3.05) is 0 Å². The molecule has 0 heterocycles. The number of carbonyl (C=O) groups is 3. The summed E-state index contributed by atoms with van der Waals surface area (Å²) in [4.78, 5) is 36.0. The Kier molecular flexibility index (Phi) is 2.44. The van der Waals surface area contributed by atoms with Gasteiger partial charge in [-0.25, -0.2) is 4.79 Å². The second-order valence-electron chi connectivity index (χ2n) is 4.39. The van der Waals surface area contributed by atoms with Crippen molar-refractivity contribution in [3.63, 3.8) is 0 Å². The van der Waals surface area contributed by atoms with E-state index >= 15 is 0 Å². The minimum Gasteiger partial charge on any atom is -0.507 e. The van der Waals surface area contributed by atoms with E-state index in [1.807, 2.05) is 0 Å². The standard InChI is InChI=1S/C15H8O5/c16-10-6-5-9(15(19)20)11-12(10)14(18)8-4-2-1-3-7(8)13(11)17/h1-6,16H,(H,19,20). The molecule has 0 unspecified atom stereocenters. The molecule has 0 amide bonds. The quantitative estimate of drug-likeness (QED) is 0.702. The van der Waals surface area contributed by atoms with Gasteiger partial charge in [-0.2, -0.15) is 0 Å². The highest BCUT2D eigenvalue weighted by Gasteiger charge is 2.35. The van der Waals surface area contributed by atoms with Crippen LogP contribution in [0.5, 0.6) is 5.75 Å². The van der Waals surface area contributed by atoms with Crippen LogP contribution in [0.25, 0.3) is 0 Å². The number of aromatic hydroxyl groups is 1. The zero-order chi connectivity index (χ0) is 14.4. The lowest BCUT2D eigenvalue weighted by molar-refractivity contribution is 0.0692. The van der Waals surface area contributed by atoms with E-state index in [0.29, 0.717) is 0 Å². The van der Waals surface area contributed by atoms with Crippen LogP contribution in [0, 0.1) is 0 Å². The fourth-order valence-corrected chi connectivity index (χ4v) is 2.38. The first-order chi connectivity index (χ1) is 9.52. The summed E-state index contributed by atoms with van der Waals surface area (Å²) >= 11 is 0. The van der Waals surface area contributed by atoms with Crippen molar-refractivity contribution in [1.29, 1.82) is 0 Å². The molecule has 2 aromatic carbocycles. The zero-order valence-corrected chi connectivity index (χ0v) is 10.1. The number of phenols is 1. The van der Waals surface area contributed by atoms with E-state index < -0.39 is 23.3 Å². The Bertz CT molecular complexity index is 789. The van der Waals surface area contributed by atoms with Crippen molar-refractivity contribution in [3.05, 3.63) is 64.2 Å². The second-order valence-corrected chi connectivity index (χ2v) is 4.39. The van der Waals surface area contributed by atoms with Crippen molar-refractivity contribution in [2.45, 2.75) is 0 Å². The Morgan fingerprint density at radius 2 is 1.40 bits per heavy atom. The van der Waals surface area contributed by atoms with E-state index in [0.717, 1.165) is 12.1 Å². The van der Waals surface area contributed by atoms with Crippen LogP contribution in [-0.4, -0.2) is 27.7 Å². The topological polar surface area (TPSA) is 91.7 Å². The number of benzene rings is 2. The van der Waals surface area contributed by atoms with Crippen LogP contribution in [0.1, 0.15) is 42.2 Å². The molecule has 98 valence electrons. The van der Waals surface area contributed by atoms with Gasteiger partial charge in [0, 0.05) is 11.1 Å². The lowest BCUT2D eigenvalue weighted by Crippen LogP contribution is -2.24. The average Bonchev–Trinajstić information content (AvgIpc) is 2.44. The van der Waals surface area contributed by atoms with Crippen molar-refractivity contribution < 1.29 is 24.6 Å². The number of carboxylic acids is 1. The van der Waals surface area contributed by atoms with Crippen LogP contribution in [0.15, 0.2) is 36.4 Å². The first kappa shape index (κ1) is 12.1. The minimum atomic E-state index is -1.32. The number of hydrogen-bond donors (Lipinski definition) is 2. The SMILES string of the molecule is O=C(O)c1ccc(O)c2c1C(=O)c1ccccc1C2=O. The lowest BCUT2D eigenvalue weighted by Gasteiger charge is -2.19. The maximum Gasteiger partial charge on any atom is 0.336 e. The van der Waals surface area contributed by atoms with Gasteiger partial charge in [0.15, 0.2) is 11.6 Å². The molecule has 3 rings (SSSR count). The molecule has 0 fully saturated rings. The van der Waals surface area contributed by atoms with Crippen LogP contribution in [-0.2, 0) is 0 Å². The van der Waals surface area contributed by atoms with E-state index in [1.165, 1.54) is 12.1 Å². The van der Waals surface area contributed by atoms with Gasteiger partial charge in [-0.3, -0.25) is 9.59 Å². The molecule has 0 aromatic heterocycles. The molecule has 0 bridgehead atoms. The number of aromatic carboxylic acids is 1. The van der Waals surface area contributed by atoms with E-state index in [2.05, 4.69) is 0 Å². The summed E-state index contributed by atoms with van der Waals surface area (Å²) in [6.45, 7) is 0. The summed E-state index contributed by atoms with van der Waals surface area (Å²) in [6.07, 6.45) is 0. The summed E-state index contributed by atoms with van der Waals surface area (Å²) in [5.74, 6) is -2.82. The Morgan fingerprint density at radius 3 is 1.95 bits per heavy atom. The lowest BCUT2D eigenvalue weighted by atomic mass is 9.81. The fourth-order valence-electron chi connectivity index (χ4n) is 2.38. The van der Waals surface area contributed by atoms with Crippen molar-refractivity contribution >= 4 is 17.5 Å². The number of carboxylic acid groups (broad SMARTS) is 1. The molecule has 5 heteroatoms. The van der Waals surface area contributed by atoms with Crippen LogP contribution in [0.4, 0.5) is 0 Å². The molecule has 2 aromatic rings. The Balaban J connectivity index is 2.41. The number of rotatable bonds is 1. The van der Waals surface area contributed by atoms with Gasteiger partial charge in [0.05, 0.1) is 16.7 Å². The van der Waals surface area contributed by atoms with Gasteiger partial charge < -0.3 is 10.2 Å². The van der Waals surface area contributed by atoms with Crippen molar-refractivity contribution in [1.82, 2.24) is 0 Å². The maximum absolute atomic E-state index is 12.4. The van der Waals surface area contributed by atoms with E-state index in [1.54, 1.807) is 12.1 Å². The maximum atomic E-state index is 12.4. The molecule has 5 nitrogen and oxygen atoms in total. The Morgan fingerprint density at radius 1 is 0.850 bits per heavy atom. The highest BCUT2D eigenvalue weighted by molar-refractivity contribution is 6.31. The Labute approximate surface area is 113 Å². The summed E-state index contributed by atoms with van der Waals surface area (Å²) in [5, 5.41) is 18.9. The largest absolute Gasteiger partial charge is 0.507 e. The molecule has 0 saturated carbocycles. The van der Waals surface area contributed by atoms with E-state index in [9.17, 15) is 19.5 Å². The molecule has 1 aliphatic rings. The number of carbonyl (C=O) groups excluding carboxylic acids is 2. The molecular weight excluding hydrogens is 260 g/mol. The summed E-state index contributed by atoms with van der Waals surface area (Å²) in [6, 6.07) is 8.38. The highest BCUT2D eigenvalue weighted by Crippen LogP contribution is 2.34. The first-order valence-corrected chi connectivity index (χ1v) is 5.80. The predicted octanol–water partition coefficient (Wildman–Crippen LogP) is 1.87. The monoisotopic (exact) mass is 268 g/mol. The number of ketones is 2. The van der Waals surface area contributed by atoms with Gasteiger partial charge in [0.25, 0.3) is 0 Å². The third-order valence-electron chi connectivity index (χ3n) is 3.28. The van der Waals surface area contributed by atoms with Gasteiger partial charge in [-0.15, -0.1) is 0 Å². The summed E-state index contributed by atoms with van der Waals surface area (Å²) in [7, 11) is 0. The van der Waals surface area contributed by atoms with Gasteiger partial charge in [-0.05, 0) is 12.1 Å². The highest BCUT2D eigenvalue weighted by atomic mass is 16.4. The number of phenolic OH excluding ortho intramolecular Hbond substituents is 1. The van der Waals surface area contributed by atoms with E-state index in [4.69, 9.17) is 5.11 Å². The van der Waals surface area contributed by atoms with Crippen molar-refractivity contribution in [2.24, 2.45) is 0 Å². The number of hydrogen-bond acceptors (Lipinski definition) is 4. The van der Waals surface area contributed by atoms with Crippen molar-refractivity contribution in [3.8, 4) is 5.75 Å². The third kappa shape index (κ3) is 1.46. The molecular formula is C15H8O5. The summed E-state index contributed by atoms with van der Waals surface area (Å²) < 4.78 is 0. The second kappa shape index (κ2) is 4.03.